The lowest BCUT2D eigenvalue weighted by Gasteiger charge is -2.28. The number of amides is 1. The molecule has 2 aliphatic rings. The second-order valence-corrected chi connectivity index (χ2v) is 12.0. The number of imidazole rings is 1. The molecule has 8 heteroatoms. The number of thioether (sulfide) groups is 1. The van der Waals surface area contributed by atoms with Crippen molar-refractivity contribution in [2.24, 2.45) is 0 Å². The quantitative estimate of drug-likeness (QED) is 0.475. The molecule has 1 saturated carbocycles. The summed E-state index contributed by atoms with van der Waals surface area (Å²) >= 11 is 1.41. The van der Waals surface area contributed by atoms with Crippen molar-refractivity contribution in [1.29, 1.82) is 0 Å². The SMILES string of the molecule is Cc1ccc(-c2cnc(SCC(=O)N(C3CC3)C3CCS(=O)(=O)C3)n2-c2ccccc2)cc1. The fraction of sp³-hybridized carbons (Fsp3) is 0.360. The van der Waals surface area contributed by atoms with Gasteiger partial charge in [-0.25, -0.2) is 13.4 Å². The molecule has 1 amide bonds. The molecular formula is C25H27N3O3S2. The molecule has 3 aromatic rings. The monoisotopic (exact) mass is 481 g/mol. The fourth-order valence-electron chi connectivity index (χ4n) is 4.44. The highest BCUT2D eigenvalue weighted by Gasteiger charge is 2.42. The maximum Gasteiger partial charge on any atom is 0.233 e. The molecule has 0 radical (unpaired) electrons. The molecule has 0 N–H and O–H groups in total. The zero-order valence-corrected chi connectivity index (χ0v) is 20.2. The lowest BCUT2D eigenvalue weighted by Crippen LogP contribution is -2.43. The van der Waals surface area contributed by atoms with Crippen LogP contribution in [0, 0.1) is 6.92 Å². The van der Waals surface area contributed by atoms with Crippen LogP contribution in [0.5, 0.6) is 0 Å². The van der Waals surface area contributed by atoms with Crippen molar-refractivity contribution in [1.82, 2.24) is 14.5 Å². The van der Waals surface area contributed by atoms with Crippen molar-refractivity contribution >= 4 is 27.5 Å². The Kier molecular flexibility index (Phi) is 6.05. The van der Waals surface area contributed by atoms with Gasteiger partial charge in [-0.2, -0.15) is 0 Å². The van der Waals surface area contributed by atoms with Crippen molar-refractivity contribution in [2.45, 2.75) is 43.4 Å². The molecule has 172 valence electrons. The van der Waals surface area contributed by atoms with Gasteiger partial charge in [0.25, 0.3) is 0 Å². The van der Waals surface area contributed by atoms with Crippen molar-refractivity contribution in [3.05, 3.63) is 66.4 Å². The number of aromatic nitrogens is 2. The van der Waals surface area contributed by atoms with E-state index < -0.39 is 9.84 Å². The Morgan fingerprint density at radius 1 is 1.06 bits per heavy atom. The second kappa shape index (κ2) is 8.99. The topological polar surface area (TPSA) is 72.3 Å². The first-order chi connectivity index (χ1) is 15.9. The van der Waals surface area contributed by atoms with Gasteiger partial charge in [-0.15, -0.1) is 0 Å². The van der Waals surface area contributed by atoms with Crippen LogP contribution < -0.4 is 0 Å². The summed E-state index contributed by atoms with van der Waals surface area (Å²) in [6, 6.07) is 18.4. The number of sulfone groups is 1. The molecule has 2 aromatic carbocycles. The second-order valence-electron chi connectivity index (χ2n) is 8.84. The van der Waals surface area contributed by atoms with Crippen LogP contribution in [-0.4, -0.2) is 58.1 Å². The normalized spacial score (nSPS) is 19.5. The Morgan fingerprint density at radius 3 is 2.42 bits per heavy atom. The van der Waals surface area contributed by atoms with E-state index in [1.54, 1.807) is 0 Å². The predicted molar refractivity (Wildman–Crippen MR) is 131 cm³/mol. The first-order valence-electron chi connectivity index (χ1n) is 11.3. The van der Waals surface area contributed by atoms with Crippen LogP contribution in [0.15, 0.2) is 66.0 Å². The Labute approximate surface area is 198 Å². The highest BCUT2D eigenvalue weighted by atomic mass is 32.2. The van der Waals surface area contributed by atoms with Crippen molar-refractivity contribution in [3.63, 3.8) is 0 Å². The number of rotatable bonds is 7. The summed E-state index contributed by atoms with van der Waals surface area (Å²) in [7, 11) is -3.04. The van der Waals surface area contributed by atoms with E-state index in [0.717, 1.165) is 34.9 Å². The van der Waals surface area contributed by atoms with Gasteiger partial charge in [0.2, 0.25) is 5.91 Å². The van der Waals surface area contributed by atoms with Crippen molar-refractivity contribution in [3.8, 4) is 16.9 Å². The third kappa shape index (κ3) is 4.87. The Hall–Kier alpha value is -2.58. The lowest BCUT2D eigenvalue weighted by atomic mass is 10.1. The molecule has 1 saturated heterocycles. The molecule has 6 nitrogen and oxygen atoms in total. The molecule has 2 heterocycles. The van der Waals surface area contributed by atoms with Gasteiger partial charge in [0.05, 0.1) is 29.1 Å². The standard InChI is InChI=1S/C25H27N3O3S2/c1-18-7-9-19(10-8-18)23-15-26-25(28(23)20-5-3-2-4-6-20)32-16-24(29)27(21-11-12-21)22-13-14-33(30,31)17-22/h2-10,15,21-22H,11-14,16-17H2,1H3. The maximum atomic E-state index is 13.2. The minimum Gasteiger partial charge on any atom is -0.335 e. The number of carbonyl (C=O) groups excluding carboxylic acids is 1. The lowest BCUT2D eigenvalue weighted by molar-refractivity contribution is -0.130. The average Bonchev–Trinajstić information content (AvgIpc) is 3.44. The minimum atomic E-state index is -3.04. The van der Waals surface area contributed by atoms with Crippen LogP contribution in [0.25, 0.3) is 16.9 Å². The van der Waals surface area contributed by atoms with E-state index in [1.165, 1.54) is 17.3 Å². The molecule has 1 aliphatic carbocycles. The predicted octanol–water partition coefficient (Wildman–Crippen LogP) is 4.12. The van der Waals surface area contributed by atoms with Gasteiger partial charge < -0.3 is 4.90 Å². The van der Waals surface area contributed by atoms with E-state index >= 15 is 0 Å². The molecule has 1 aromatic heterocycles. The van der Waals surface area contributed by atoms with Gasteiger partial charge in [0, 0.05) is 23.3 Å². The zero-order chi connectivity index (χ0) is 23.0. The van der Waals surface area contributed by atoms with E-state index in [2.05, 4.69) is 40.7 Å². The zero-order valence-electron chi connectivity index (χ0n) is 18.6. The molecule has 1 aliphatic heterocycles. The molecule has 0 bridgehead atoms. The summed E-state index contributed by atoms with van der Waals surface area (Å²) in [5.74, 6) is 0.518. The smallest absolute Gasteiger partial charge is 0.233 e. The summed E-state index contributed by atoms with van der Waals surface area (Å²) in [5, 5.41) is 0.750. The fourth-order valence-corrected chi connectivity index (χ4v) is 7.02. The Balaban J connectivity index is 1.40. The van der Waals surface area contributed by atoms with E-state index in [-0.39, 0.29) is 35.2 Å². The van der Waals surface area contributed by atoms with Crippen LogP contribution in [0.1, 0.15) is 24.8 Å². The van der Waals surface area contributed by atoms with E-state index in [9.17, 15) is 13.2 Å². The average molecular weight is 482 g/mol. The van der Waals surface area contributed by atoms with Crippen LogP contribution >= 0.6 is 11.8 Å². The van der Waals surface area contributed by atoms with Crippen LogP contribution in [0.3, 0.4) is 0 Å². The minimum absolute atomic E-state index is 0.00379. The van der Waals surface area contributed by atoms with Gasteiger partial charge >= 0.3 is 0 Å². The van der Waals surface area contributed by atoms with Crippen molar-refractivity contribution in [2.75, 3.05) is 17.3 Å². The van der Waals surface area contributed by atoms with Gasteiger partial charge in [-0.05, 0) is 38.3 Å². The number of benzene rings is 2. The Bertz CT molecular complexity index is 1250. The number of para-hydroxylation sites is 1. The van der Waals surface area contributed by atoms with E-state index in [4.69, 9.17) is 0 Å². The van der Waals surface area contributed by atoms with Crippen LogP contribution in [-0.2, 0) is 14.6 Å². The number of hydrogen-bond acceptors (Lipinski definition) is 5. The van der Waals surface area contributed by atoms with Crippen molar-refractivity contribution < 1.29 is 13.2 Å². The molecule has 2 fully saturated rings. The molecule has 33 heavy (non-hydrogen) atoms. The molecule has 0 spiro atoms. The van der Waals surface area contributed by atoms with E-state index in [1.807, 2.05) is 41.4 Å². The maximum absolute atomic E-state index is 13.2. The largest absolute Gasteiger partial charge is 0.335 e. The summed E-state index contributed by atoms with van der Waals surface area (Å²) < 4.78 is 26.1. The number of hydrogen-bond donors (Lipinski definition) is 0. The third-order valence-electron chi connectivity index (χ3n) is 6.25. The molecular weight excluding hydrogens is 454 g/mol. The summed E-state index contributed by atoms with van der Waals surface area (Å²) in [6.45, 7) is 2.06. The summed E-state index contributed by atoms with van der Waals surface area (Å²) in [5.41, 5.74) is 4.21. The highest BCUT2D eigenvalue weighted by molar-refractivity contribution is 7.99. The van der Waals surface area contributed by atoms with Crippen LogP contribution in [0.2, 0.25) is 0 Å². The molecule has 1 atom stereocenters. The number of nitrogens with zero attached hydrogens (tertiary/aromatic N) is 3. The summed E-state index contributed by atoms with van der Waals surface area (Å²) in [6.07, 6.45) is 4.32. The first-order valence-corrected chi connectivity index (χ1v) is 14.1. The molecule has 5 rings (SSSR count). The third-order valence-corrected chi connectivity index (χ3v) is 8.93. The summed E-state index contributed by atoms with van der Waals surface area (Å²) in [4.78, 5) is 19.7. The van der Waals surface area contributed by atoms with Crippen LogP contribution in [0.4, 0.5) is 0 Å². The molecule has 1 unspecified atom stereocenters. The first kappa shape index (κ1) is 22.2. The van der Waals surface area contributed by atoms with E-state index in [0.29, 0.717) is 6.42 Å². The number of carbonyl (C=O) groups is 1. The number of aryl methyl sites for hydroxylation is 1. The van der Waals surface area contributed by atoms with Gasteiger partial charge in [0.15, 0.2) is 15.0 Å². The van der Waals surface area contributed by atoms with Gasteiger partial charge in [-0.3, -0.25) is 9.36 Å². The highest BCUT2D eigenvalue weighted by Crippen LogP contribution is 2.34. The van der Waals surface area contributed by atoms with Gasteiger partial charge in [-0.1, -0.05) is 59.8 Å². The Morgan fingerprint density at radius 2 is 1.79 bits per heavy atom. The van der Waals surface area contributed by atoms with Gasteiger partial charge in [0.1, 0.15) is 0 Å².